The predicted molar refractivity (Wildman–Crippen MR) is 194 cm³/mol. The van der Waals surface area contributed by atoms with Crippen LogP contribution in [0.15, 0.2) is 48.5 Å². The molecule has 276 valence electrons. The van der Waals surface area contributed by atoms with E-state index in [-0.39, 0.29) is 11.4 Å². The number of benzene rings is 2. The lowest BCUT2D eigenvalue weighted by Crippen LogP contribution is -2.28. The third kappa shape index (κ3) is 18.4. The molecule has 0 aliphatic rings. The third-order valence-electron chi connectivity index (χ3n) is 7.78. The first-order valence-electron chi connectivity index (χ1n) is 17.8. The SMILES string of the molecule is CCCCN(CCCC)CCCOC(=O)c1ccc(NOS(=O)(=O)ONc2ccc(C(=O)OCCCN(CCCC)CCCC)cc2)cc1. The van der Waals surface area contributed by atoms with Crippen molar-refractivity contribution < 1.29 is 36.0 Å². The fourth-order valence-corrected chi connectivity index (χ4v) is 5.27. The van der Waals surface area contributed by atoms with Crippen molar-refractivity contribution in [1.29, 1.82) is 0 Å². The van der Waals surface area contributed by atoms with E-state index in [1.165, 1.54) is 48.5 Å². The van der Waals surface area contributed by atoms with Crippen LogP contribution in [0.3, 0.4) is 0 Å². The number of unbranched alkanes of at least 4 members (excludes halogenated alkanes) is 4. The molecule has 0 fully saturated rings. The molecule has 2 rings (SSSR count). The van der Waals surface area contributed by atoms with E-state index in [4.69, 9.17) is 18.0 Å². The highest BCUT2D eigenvalue weighted by Crippen LogP contribution is 2.15. The van der Waals surface area contributed by atoms with Crippen LogP contribution in [0.2, 0.25) is 0 Å². The van der Waals surface area contributed by atoms with Crippen LogP contribution in [-0.2, 0) is 28.4 Å². The number of nitrogens with one attached hydrogen (secondary N) is 2. The topological polar surface area (TPSA) is 136 Å². The van der Waals surface area contributed by atoms with Crippen LogP contribution in [0, 0.1) is 0 Å². The van der Waals surface area contributed by atoms with Crippen molar-refractivity contribution in [2.75, 3.05) is 63.4 Å². The molecule has 49 heavy (non-hydrogen) atoms. The summed E-state index contributed by atoms with van der Waals surface area (Å²) in [5.41, 5.74) is 5.81. The lowest BCUT2D eigenvalue weighted by molar-refractivity contribution is 0.0478. The molecule has 12 nitrogen and oxygen atoms in total. The highest BCUT2D eigenvalue weighted by Gasteiger charge is 2.15. The first-order chi connectivity index (χ1) is 23.7. The van der Waals surface area contributed by atoms with Crippen LogP contribution >= 0.6 is 0 Å². The average Bonchev–Trinajstić information content (AvgIpc) is 3.12. The van der Waals surface area contributed by atoms with Gasteiger partial charge in [0.25, 0.3) is 0 Å². The van der Waals surface area contributed by atoms with Gasteiger partial charge in [0.2, 0.25) is 0 Å². The van der Waals surface area contributed by atoms with Crippen molar-refractivity contribution in [2.45, 2.75) is 91.9 Å². The third-order valence-corrected chi connectivity index (χ3v) is 8.35. The molecule has 0 radical (unpaired) electrons. The first kappa shape index (κ1) is 41.9. The summed E-state index contributed by atoms with van der Waals surface area (Å²) < 4.78 is 44.7. The molecule has 0 unspecified atom stereocenters. The maximum Gasteiger partial charge on any atom is 0.441 e. The Morgan fingerprint density at radius 3 is 1.14 bits per heavy atom. The molecule has 0 heterocycles. The van der Waals surface area contributed by atoms with Gasteiger partial charge in [0.05, 0.1) is 35.7 Å². The monoisotopic (exact) mass is 706 g/mol. The van der Waals surface area contributed by atoms with Gasteiger partial charge in [0.1, 0.15) is 0 Å². The van der Waals surface area contributed by atoms with Gasteiger partial charge in [-0.05, 0) is 113 Å². The van der Waals surface area contributed by atoms with E-state index in [0.717, 1.165) is 103 Å². The van der Waals surface area contributed by atoms with Gasteiger partial charge in [-0.1, -0.05) is 53.4 Å². The van der Waals surface area contributed by atoms with E-state index in [0.29, 0.717) is 24.3 Å². The normalized spacial score (nSPS) is 11.6. The van der Waals surface area contributed by atoms with Crippen LogP contribution in [-0.4, -0.2) is 82.6 Å². The molecule has 0 amide bonds. The van der Waals surface area contributed by atoms with Crippen LogP contribution < -0.4 is 11.0 Å². The Morgan fingerprint density at radius 1 is 0.531 bits per heavy atom. The molecule has 0 saturated heterocycles. The molecule has 0 aliphatic heterocycles. The van der Waals surface area contributed by atoms with Gasteiger partial charge in [0.15, 0.2) is 0 Å². The molecule has 0 bridgehead atoms. The van der Waals surface area contributed by atoms with Crippen molar-refractivity contribution in [1.82, 2.24) is 9.80 Å². The van der Waals surface area contributed by atoms with Crippen molar-refractivity contribution >= 4 is 33.7 Å². The zero-order valence-electron chi connectivity index (χ0n) is 29.9. The second-order valence-corrected chi connectivity index (χ2v) is 13.2. The van der Waals surface area contributed by atoms with Gasteiger partial charge >= 0.3 is 22.3 Å². The molecule has 2 aromatic carbocycles. The minimum absolute atomic E-state index is 0.281. The smallest absolute Gasteiger partial charge is 0.441 e. The summed E-state index contributed by atoms with van der Waals surface area (Å²) in [4.78, 5) is 29.7. The molecule has 0 saturated carbocycles. The Labute approximate surface area is 294 Å². The Bertz CT molecular complexity index is 1180. The fraction of sp³-hybridized carbons (Fsp3) is 0.611. The fourth-order valence-electron chi connectivity index (χ4n) is 4.83. The van der Waals surface area contributed by atoms with Crippen LogP contribution in [0.5, 0.6) is 0 Å². The van der Waals surface area contributed by atoms with Gasteiger partial charge in [-0.2, -0.15) is 8.42 Å². The number of carbonyl (C=O) groups excluding carboxylic acids is 2. The van der Waals surface area contributed by atoms with E-state index >= 15 is 0 Å². The summed E-state index contributed by atoms with van der Waals surface area (Å²) in [6, 6.07) is 12.0. The van der Waals surface area contributed by atoms with Crippen molar-refractivity contribution in [3.8, 4) is 0 Å². The van der Waals surface area contributed by atoms with E-state index in [9.17, 15) is 18.0 Å². The Hall–Kier alpha value is -3.23. The molecule has 0 aliphatic carbocycles. The van der Waals surface area contributed by atoms with Gasteiger partial charge in [-0.15, -0.1) is 8.57 Å². The number of carbonyl (C=O) groups is 2. The van der Waals surface area contributed by atoms with Crippen molar-refractivity contribution in [3.63, 3.8) is 0 Å². The molecule has 2 N–H and O–H groups in total. The van der Waals surface area contributed by atoms with E-state index in [1.54, 1.807) is 0 Å². The second-order valence-electron chi connectivity index (χ2n) is 12.0. The number of hydrogen-bond donors (Lipinski definition) is 2. The Balaban J connectivity index is 1.70. The quantitative estimate of drug-likeness (QED) is 0.0526. The first-order valence-corrected chi connectivity index (χ1v) is 19.2. The number of anilines is 2. The summed E-state index contributed by atoms with van der Waals surface area (Å²) in [5.74, 6) is -0.903. The zero-order chi connectivity index (χ0) is 35.7. The highest BCUT2D eigenvalue weighted by molar-refractivity contribution is 7.81. The van der Waals surface area contributed by atoms with E-state index < -0.39 is 22.3 Å². The molecule has 13 heteroatoms. The summed E-state index contributed by atoms with van der Waals surface area (Å²) in [6.45, 7) is 15.4. The summed E-state index contributed by atoms with van der Waals surface area (Å²) >= 11 is 0. The zero-order valence-corrected chi connectivity index (χ0v) is 30.7. The van der Waals surface area contributed by atoms with Gasteiger partial charge in [-0.25, -0.2) is 20.5 Å². The summed E-state index contributed by atoms with van der Waals surface area (Å²) in [6.07, 6.45) is 10.7. The van der Waals surface area contributed by atoms with Crippen molar-refractivity contribution in [3.05, 3.63) is 59.7 Å². The lowest BCUT2D eigenvalue weighted by atomic mass is 10.2. The van der Waals surface area contributed by atoms with Crippen LogP contribution in [0.4, 0.5) is 11.4 Å². The molecular formula is C36H58N4O8S. The molecule has 0 aromatic heterocycles. The Morgan fingerprint density at radius 2 is 0.837 bits per heavy atom. The van der Waals surface area contributed by atoms with Gasteiger partial charge in [0, 0.05) is 13.1 Å². The maximum absolute atomic E-state index is 12.4. The average molecular weight is 707 g/mol. The van der Waals surface area contributed by atoms with E-state index in [2.05, 4.69) is 48.5 Å². The van der Waals surface area contributed by atoms with E-state index in [1.807, 2.05) is 0 Å². The van der Waals surface area contributed by atoms with Crippen molar-refractivity contribution in [2.24, 2.45) is 0 Å². The molecule has 0 atom stereocenters. The molecule has 0 spiro atoms. The van der Waals surface area contributed by atoms with Gasteiger partial charge < -0.3 is 19.3 Å². The number of hydrogen-bond acceptors (Lipinski definition) is 12. The molecule has 2 aromatic rings. The number of ether oxygens (including phenoxy) is 2. The largest absolute Gasteiger partial charge is 0.462 e. The minimum Gasteiger partial charge on any atom is -0.462 e. The van der Waals surface area contributed by atoms with Crippen LogP contribution in [0.25, 0.3) is 0 Å². The lowest BCUT2D eigenvalue weighted by Gasteiger charge is -2.21. The van der Waals surface area contributed by atoms with Crippen LogP contribution in [0.1, 0.15) is 113 Å². The number of nitrogens with zero attached hydrogens (tertiary/aromatic N) is 2. The molecular weight excluding hydrogens is 648 g/mol. The van der Waals surface area contributed by atoms with Gasteiger partial charge in [-0.3, -0.25) is 0 Å². The summed E-state index contributed by atoms with van der Waals surface area (Å²) in [5, 5.41) is 0. The highest BCUT2D eigenvalue weighted by atomic mass is 32.3. The maximum atomic E-state index is 12.4. The minimum atomic E-state index is -4.51. The standard InChI is InChI=1S/C36H58N4O8S/c1-5-9-23-39(24-10-6-2)27-13-29-45-35(41)31-15-19-33(20-16-31)37-47-49(43,44)48-38-34-21-17-32(18-22-34)36(42)46-30-14-28-40(25-11-7-3)26-12-8-4/h15-22,37-38H,5-14,23-30H2,1-4H3. The Kier molecular flexibility index (Phi) is 21.3. The summed E-state index contributed by atoms with van der Waals surface area (Å²) in [7, 11) is -4.51. The predicted octanol–water partition coefficient (Wildman–Crippen LogP) is 7.22. The second kappa shape index (κ2) is 24.8. The number of rotatable bonds is 28. The number of esters is 2.